The second kappa shape index (κ2) is 13.1. The minimum Gasteiger partial charge on any atom is -0.378 e. The number of ether oxygens (including phenoxy) is 1. The minimum absolute atomic E-state index is 0.0485. The van der Waals surface area contributed by atoms with Crippen LogP contribution in [0, 0.1) is 5.92 Å². The molecule has 13 heteroatoms. The molecule has 1 amide bonds. The summed E-state index contributed by atoms with van der Waals surface area (Å²) in [6, 6.07) is 7.83. The molecule has 6 rings (SSSR count). The molecule has 1 N–H and O–H groups in total. The Morgan fingerprint density at radius 2 is 1.96 bits per heavy atom. The minimum atomic E-state index is -3.09. The molecule has 3 saturated heterocycles. The van der Waals surface area contributed by atoms with Gasteiger partial charge in [-0.15, -0.1) is 0 Å². The number of benzene rings is 1. The molecule has 246 valence electrons. The van der Waals surface area contributed by atoms with E-state index >= 15 is 0 Å². The van der Waals surface area contributed by atoms with E-state index in [4.69, 9.17) is 9.72 Å². The number of aromatic nitrogens is 3. The number of hydrogen-bond acceptors (Lipinski definition) is 10. The lowest BCUT2D eigenvalue weighted by Crippen LogP contribution is -2.57. The number of amides is 1. The van der Waals surface area contributed by atoms with Gasteiger partial charge in [0, 0.05) is 68.4 Å². The number of piperidine rings is 2. The lowest BCUT2D eigenvalue weighted by atomic mass is 9.87. The molecule has 3 aromatic rings. The van der Waals surface area contributed by atoms with Crippen molar-refractivity contribution in [3.05, 3.63) is 54.9 Å². The number of likely N-dealkylation sites (tertiary alicyclic amines) is 1. The van der Waals surface area contributed by atoms with Crippen LogP contribution in [0.4, 0.5) is 27.7 Å². The number of alkyl halides is 1. The van der Waals surface area contributed by atoms with Gasteiger partial charge in [0.25, 0.3) is 0 Å². The van der Waals surface area contributed by atoms with Gasteiger partial charge in [0.2, 0.25) is 11.9 Å². The Bertz CT molecular complexity index is 1720. The second-order valence-electron chi connectivity index (χ2n) is 12.7. The number of anilines is 4. The first-order valence-corrected chi connectivity index (χ1v) is 17.9. The summed E-state index contributed by atoms with van der Waals surface area (Å²) in [7, 11) is -1.56. The van der Waals surface area contributed by atoms with Crippen molar-refractivity contribution >= 4 is 49.8 Å². The number of carbonyl (C=O) groups excluding carboxylic acids is 1. The number of pyridine rings is 1. The Kier molecular flexibility index (Phi) is 9.15. The summed E-state index contributed by atoms with van der Waals surface area (Å²) in [5.74, 6) is 1.65. The van der Waals surface area contributed by atoms with Gasteiger partial charge in [-0.25, -0.2) is 22.8 Å². The van der Waals surface area contributed by atoms with Crippen LogP contribution in [0.25, 0.3) is 10.8 Å². The first-order valence-electron chi connectivity index (χ1n) is 15.9. The molecule has 5 heterocycles. The summed E-state index contributed by atoms with van der Waals surface area (Å²) >= 11 is 0. The molecule has 11 nitrogen and oxygen atoms in total. The topological polar surface area (TPSA) is 121 Å². The summed E-state index contributed by atoms with van der Waals surface area (Å²) in [5, 5.41) is 5.21. The summed E-state index contributed by atoms with van der Waals surface area (Å²) in [6.07, 6.45) is 7.91. The summed E-state index contributed by atoms with van der Waals surface area (Å²) in [5.41, 5.74) is 2.01. The molecule has 0 aliphatic carbocycles. The van der Waals surface area contributed by atoms with Crippen LogP contribution in [0.5, 0.6) is 0 Å². The van der Waals surface area contributed by atoms with Crippen LogP contribution < -0.4 is 15.1 Å². The molecule has 3 aliphatic rings. The number of halogens is 1. The summed E-state index contributed by atoms with van der Waals surface area (Å²) < 4.78 is 43.8. The molecule has 2 aromatic heterocycles. The number of carbonyl (C=O) groups is 1. The monoisotopic (exact) mass is 651 g/mol. The fourth-order valence-electron chi connectivity index (χ4n) is 7.11. The average molecular weight is 652 g/mol. The van der Waals surface area contributed by atoms with E-state index in [9.17, 15) is 17.6 Å². The normalized spacial score (nSPS) is 25.3. The SMILES string of the molecule is C=CC(=O)N1CCCC[C@H]1c1ccc(N2C[C@H](CS(C)(=O)=O)[C@H]2C)c2cnc(Nc3ccnc(N4CC[C@@H](OC)[C@@H](F)C4)n3)cc12. The van der Waals surface area contributed by atoms with Crippen LogP contribution in [-0.2, 0) is 19.4 Å². The molecule has 3 aliphatic heterocycles. The van der Waals surface area contributed by atoms with Gasteiger partial charge in [-0.1, -0.05) is 12.6 Å². The third-order valence-corrected chi connectivity index (χ3v) is 10.7. The maximum atomic E-state index is 14.6. The Morgan fingerprint density at radius 3 is 2.67 bits per heavy atom. The van der Waals surface area contributed by atoms with Gasteiger partial charge >= 0.3 is 0 Å². The highest BCUT2D eigenvalue weighted by Gasteiger charge is 2.39. The summed E-state index contributed by atoms with van der Waals surface area (Å²) in [6.45, 7) is 7.84. The van der Waals surface area contributed by atoms with E-state index in [1.165, 1.54) is 19.4 Å². The van der Waals surface area contributed by atoms with Crippen LogP contribution in [-0.4, -0.2) is 97.8 Å². The van der Waals surface area contributed by atoms with Crippen LogP contribution >= 0.6 is 0 Å². The Hall–Kier alpha value is -3.84. The zero-order chi connectivity index (χ0) is 32.6. The van der Waals surface area contributed by atoms with Gasteiger partial charge in [-0.3, -0.25) is 4.79 Å². The average Bonchev–Trinajstić information content (AvgIpc) is 3.05. The van der Waals surface area contributed by atoms with E-state index in [1.807, 2.05) is 22.1 Å². The third-order valence-electron chi connectivity index (χ3n) is 9.63. The smallest absolute Gasteiger partial charge is 0.246 e. The van der Waals surface area contributed by atoms with Crippen LogP contribution in [0.15, 0.2) is 49.3 Å². The highest BCUT2D eigenvalue weighted by molar-refractivity contribution is 7.90. The van der Waals surface area contributed by atoms with Crippen molar-refractivity contribution in [2.75, 3.05) is 60.4 Å². The molecule has 0 radical (unpaired) electrons. The predicted molar refractivity (Wildman–Crippen MR) is 178 cm³/mol. The molecule has 0 unspecified atom stereocenters. The van der Waals surface area contributed by atoms with Crippen molar-refractivity contribution in [3.8, 4) is 0 Å². The molecule has 5 atom stereocenters. The fourth-order valence-corrected chi connectivity index (χ4v) is 8.27. The van der Waals surface area contributed by atoms with Gasteiger partial charge < -0.3 is 24.8 Å². The van der Waals surface area contributed by atoms with Crippen LogP contribution in [0.1, 0.15) is 44.2 Å². The number of hydrogen-bond donors (Lipinski definition) is 1. The van der Waals surface area contributed by atoms with Crippen molar-refractivity contribution in [2.24, 2.45) is 5.92 Å². The van der Waals surface area contributed by atoms with Gasteiger partial charge in [0.1, 0.15) is 27.6 Å². The third kappa shape index (κ3) is 6.52. The highest BCUT2D eigenvalue weighted by atomic mass is 32.2. The van der Waals surface area contributed by atoms with Crippen molar-refractivity contribution < 1.29 is 22.3 Å². The van der Waals surface area contributed by atoms with E-state index in [2.05, 4.69) is 45.8 Å². The number of methoxy groups -OCH3 is 1. The molecule has 0 bridgehead atoms. The maximum Gasteiger partial charge on any atom is 0.246 e. The second-order valence-corrected chi connectivity index (χ2v) is 14.9. The fraction of sp³-hybridized carbons (Fsp3) is 0.515. The molecule has 1 aromatic carbocycles. The Morgan fingerprint density at radius 1 is 1.13 bits per heavy atom. The quantitative estimate of drug-likeness (QED) is 0.333. The molecule has 46 heavy (non-hydrogen) atoms. The van der Waals surface area contributed by atoms with E-state index < -0.39 is 22.1 Å². The van der Waals surface area contributed by atoms with Gasteiger partial charge in [0.15, 0.2) is 0 Å². The summed E-state index contributed by atoms with van der Waals surface area (Å²) in [4.78, 5) is 32.7. The van der Waals surface area contributed by atoms with Gasteiger partial charge in [-0.05, 0) is 67.8 Å². The lowest BCUT2D eigenvalue weighted by molar-refractivity contribution is -0.129. The predicted octanol–water partition coefficient (Wildman–Crippen LogP) is 4.44. The number of sulfone groups is 1. The largest absolute Gasteiger partial charge is 0.378 e. The van der Waals surface area contributed by atoms with Crippen LogP contribution in [0.3, 0.4) is 0 Å². The van der Waals surface area contributed by atoms with E-state index in [0.717, 1.165) is 41.3 Å². The number of nitrogens with one attached hydrogen (secondary N) is 1. The zero-order valence-electron chi connectivity index (χ0n) is 26.6. The van der Waals surface area contributed by atoms with E-state index in [1.54, 1.807) is 12.3 Å². The Balaban J connectivity index is 1.34. The first-order chi connectivity index (χ1) is 22.1. The molecular weight excluding hydrogens is 609 g/mol. The Labute approximate surface area is 269 Å². The maximum absolute atomic E-state index is 14.6. The van der Waals surface area contributed by atoms with Crippen molar-refractivity contribution in [2.45, 2.75) is 57.0 Å². The van der Waals surface area contributed by atoms with Crippen molar-refractivity contribution in [1.29, 1.82) is 0 Å². The van der Waals surface area contributed by atoms with Crippen molar-refractivity contribution in [3.63, 3.8) is 0 Å². The van der Waals surface area contributed by atoms with E-state index in [-0.39, 0.29) is 36.2 Å². The van der Waals surface area contributed by atoms with Gasteiger partial charge in [-0.2, -0.15) is 4.98 Å². The molecular formula is C33H42FN7O4S. The molecule has 0 spiro atoms. The first kappa shape index (κ1) is 32.1. The molecule has 3 fully saturated rings. The number of fused-ring (bicyclic) bond motifs is 1. The van der Waals surface area contributed by atoms with Crippen LogP contribution in [0.2, 0.25) is 0 Å². The van der Waals surface area contributed by atoms with Gasteiger partial charge in [0.05, 0.1) is 24.4 Å². The van der Waals surface area contributed by atoms with Crippen molar-refractivity contribution in [1.82, 2.24) is 19.9 Å². The lowest BCUT2D eigenvalue weighted by Gasteiger charge is -2.48. The highest BCUT2D eigenvalue weighted by Crippen LogP contribution is 2.42. The zero-order valence-corrected chi connectivity index (χ0v) is 27.4. The number of nitrogens with zero attached hydrogens (tertiary/aromatic N) is 6. The number of rotatable bonds is 9. The van der Waals surface area contributed by atoms with E-state index in [0.29, 0.717) is 43.6 Å². The molecule has 0 saturated carbocycles. The standard InChI is InChI=1S/C33H42FN7O4S/c1-5-32(42)40-14-7-6-8-27(40)23-9-10-28(41-18-22(21(41)2)20-46(4,43)44)25-17-36-31(16-24(23)25)37-30-11-13-35-33(38-30)39-15-12-29(45-3)26(34)19-39/h5,9-11,13,16-17,21-22,26-27,29H,1,6-8,12,14-15,18-20H2,2-4H3,(H,35,36,37,38)/t21-,22-,26+,27+,29-/m1/s1.